The van der Waals surface area contributed by atoms with E-state index in [-0.39, 0.29) is 11.9 Å². The highest BCUT2D eigenvalue weighted by molar-refractivity contribution is 7.08. The molecule has 0 radical (unpaired) electrons. The summed E-state index contributed by atoms with van der Waals surface area (Å²) in [6.45, 7) is 2.00. The number of aromatic nitrogens is 2. The number of carbonyl (C=O) groups is 1. The van der Waals surface area contributed by atoms with Crippen molar-refractivity contribution in [3.8, 4) is 11.4 Å². The predicted molar refractivity (Wildman–Crippen MR) is 106 cm³/mol. The average Bonchev–Trinajstić information content (AvgIpc) is 3.37. The Morgan fingerprint density at radius 3 is 2.89 bits per heavy atom. The maximum Gasteiger partial charge on any atom is 0.227 e. The molecule has 136 valence electrons. The number of benzene rings is 2. The molecule has 1 amide bonds. The predicted octanol–water partition coefficient (Wildman–Crippen LogP) is 4.76. The van der Waals surface area contributed by atoms with Crippen molar-refractivity contribution in [2.45, 2.75) is 25.8 Å². The highest BCUT2D eigenvalue weighted by Gasteiger charge is 2.14. The SMILES string of the molecule is CC(NC(=O)CCc1nc(-c2ccsc2)no1)c1cccc2ccccc12. The summed E-state index contributed by atoms with van der Waals surface area (Å²) in [4.78, 5) is 16.7. The van der Waals surface area contributed by atoms with E-state index in [4.69, 9.17) is 4.52 Å². The number of amides is 1. The minimum Gasteiger partial charge on any atom is -0.350 e. The van der Waals surface area contributed by atoms with Crippen molar-refractivity contribution < 1.29 is 9.32 Å². The molecule has 27 heavy (non-hydrogen) atoms. The second kappa shape index (κ2) is 7.72. The molecule has 2 aromatic heterocycles. The molecule has 1 atom stereocenters. The van der Waals surface area contributed by atoms with Gasteiger partial charge in [0.2, 0.25) is 17.6 Å². The molecular weight excluding hydrogens is 358 g/mol. The Balaban J connectivity index is 1.38. The van der Waals surface area contributed by atoms with Crippen LogP contribution in [-0.4, -0.2) is 16.0 Å². The number of rotatable bonds is 6. The molecule has 4 aromatic rings. The van der Waals surface area contributed by atoms with Gasteiger partial charge in [-0.3, -0.25) is 4.79 Å². The van der Waals surface area contributed by atoms with Crippen molar-refractivity contribution in [2.24, 2.45) is 0 Å². The van der Waals surface area contributed by atoms with E-state index in [9.17, 15) is 4.79 Å². The monoisotopic (exact) mass is 377 g/mol. The number of nitrogens with one attached hydrogen (secondary N) is 1. The minimum absolute atomic E-state index is 0.0364. The molecule has 4 rings (SSSR count). The lowest BCUT2D eigenvalue weighted by molar-refractivity contribution is -0.121. The van der Waals surface area contributed by atoms with Crippen LogP contribution in [0, 0.1) is 0 Å². The second-order valence-electron chi connectivity index (χ2n) is 6.38. The standard InChI is InChI=1S/C21H19N3O2S/c1-14(17-8-4-6-15-5-2-3-7-18(15)17)22-19(25)9-10-20-23-21(24-26-20)16-11-12-27-13-16/h2-8,11-14H,9-10H2,1H3,(H,22,25). The fraction of sp³-hybridized carbons (Fsp3) is 0.190. The molecule has 0 aliphatic rings. The highest BCUT2D eigenvalue weighted by atomic mass is 32.1. The normalized spacial score (nSPS) is 12.2. The van der Waals surface area contributed by atoms with E-state index < -0.39 is 0 Å². The quantitative estimate of drug-likeness (QED) is 0.526. The van der Waals surface area contributed by atoms with E-state index in [0.717, 1.165) is 16.5 Å². The highest BCUT2D eigenvalue weighted by Crippen LogP contribution is 2.24. The maximum absolute atomic E-state index is 12.4. The molecule has 2 aromatic carbocycles. The topological polar surface area (TPSA) is 68.0 Å². The summed E-state index contributed by atoms with van der Waals surface area (Å²) in [5, 5.41) is 13.3. The van der Waals surface area contributed by atoms with Gasteiger partial charge in [0, 0.05) is 23.8 Å². The molecule has 2 heterocycles. The number of thiophene rings is 1. The molecule has 0 fully saturated rings. The first kappa shape index (κ1) is 17.4. The summed E-state index contributed by atoms with van der Waals surface area (Å²) in [6.07, 6.45) is 0.728. The van der Waals surface area contributed by atoms with Crippen LogP contribution in [0.3, 0.4) is 0 Å². The number of hydrogen-bond acceptors (Lipinski definition) is 5. The van der Waals surface area contributed by atoms with Crippen molar-refractivity contribution in [3.63, 3.8) is 0 Å². The summed E-state index contributed by atoms with van der Waals surface area (Å²) < 4.78 is 5.25. The Morgan fingerprint density at radius 2 is 2.04 bits per heavy atom. The Kier molecular flexibility index (Phi) is 4.98. The summed E-state index contributed by atoms with van der Waals surface area (Å²) in [5.74, 6) is 1.01. The van der Waals surface area contributed by atoms with Crippen LogP contribution in [0.15, 0.2) is 63.8 Å². The number of aryl methyl sites for hydroxylation is 1. The third kappa shape index (κ3) is 3.90. The van der Waals surface area contributed by atoms with Gasteiger partial charge in [0.1, 0.15) is 0 Å². The van der Waals surface area contributed by atoms with Gasteiger partial charge in [-0.2, -0.15) is 16.3 Å². The third-order valence-electron chi connectivity index (χ3n) is 4.48. The van der Waals surface area contributed by atoms with Crippen LogP contribution in [0.1, 0.15) is 30.8 Å². The molecule has 0 saturated carbocycles. The first-order chi connectivity index (χ1) is 13.2. The molecule has 0 aliphatic carbocycles. The van der Waals surface area contributed by atoms with Crippen LogP contribution in [0.25, 0.3) is 22.2 Å². The molecule has 0 saturated heterocycles. The van der Waals surface area contributed by atoms with Crippen LogP contribution in [-0.2, 0) is 11.2 Å². The number of carbonyl (C=O) groups excluding carboxylic acids is 1. The van der Waals surface area contributed by atoms with Crippen LogP contribution in [0.5, 0.6) is 0 Å². The maximum atomic E-state index is 12.4. The van der Waals surface area contributed by atoms with Crippen molar-refractivity contribution in [1.29, 1.82) is 0 Å². The Labute approximate surface area is 161 Å². The molecule has 0 aliphatic heterocycles. The van der Waals surface area contributed by atoms with Crippen LogP contribution in [0.2, 0.25) is 0 Å². The summed E-state index contributed by atoms with van der Waals surface area (Å²) in [5.41, 5.74) is 2.04. The number of nitrogens with zero attached hydrogens (tertiary/aromatic N) is 2. The lowest BCUT2D eigenvalue weighted by Gasteiger charge is -2.16. The largest absolute Gasteiger partial charge is 0.350 e. The van der Waals surface area contributed by atoms with Crippen molar-refractivity contribution >= 4 is 28.0 Å². The van der Waals surface area contributed by atoms with Gasteiger partial charge < -0.3 is 9.84 Å². The van der Waals surface area contributed by atoms with Gasteiger partial charge in [0.15, 0.2) is 0 Å². The smallest absolute Gasteiger partial charge is 0.227 e. The van der Waals surface area contributed by atoms with Gasteiger partial charge in [-0.25, -0.2) is 0 Å². The second-order valence-corrected chi connectivity index (χ2v) is 7.16. The number of hydrogen-bond donors (Lipinski definition) is 1. The van der Waals surface area contributed by atoms with Crippen molar-refractivity contribution in [3.05, 3.63) is 70.7 Å². The van der Waals surface area contributed by atoms with Crippen molar-refractivity contribution in [2.75, 3.05) is 0 Å². The minimum atomic E-state index is -0.0762. The lowest BCUT2D eigenvalue weighted by Crippen LogP contribution is -2.27. The number of fused-ring (bicyclic) bond motifs is 1. The summed E-state index contributed by atoms with van der Waals surface area (Å²) in [6, 6.07) is 16.2. The molecule has 1 N–H and O–H groups in total. The van der Waals surface area contributed by atoms with Gasteiger partial charge in [-0.05, 0) is 34.7 Å². The molecule has 0 bridgehead atoms. The van der Waals surface area contributed by atoms with Gasteiger partial charge in [0.25, 0.3) is 0 Å². The Bertz CT molecular complexity index is 1050. The summed E-state index contributed by atoms with van der Waals surface area (Å²) in [7, 11) is 0. The van der Waals surface area contributed by atoms with Crippen molar-refractivity contribution in [1.82, 2.24) is 15.5 Å². The van der Waals surface area contributed by atoms with E-state index in [1.165, 1.54) is 5.39 Å². The first-order valence-corrected chi connectivity index (χ1v) is 9.77. The van der Waals surface area contributed by atoms with E-state index in [0.29, 0.717) is 24.6 Å². The van der Waals surface area contributed by atoms with Crippen LogP contribution in [0.4, 0.5) is 0 Å². The summed E-state index contributed by atoms with van der Waals surface area (Å²) >= 11 is 1.58. The molecule has 0 spiro atoms. The van der Waals surface area contributed by atoms with E-state index in [1.807, 2.05) is 41.9 Å². The molecular formula is C21H19N3O2S. The molecule has 6 heteroatoms. The van der Waals surface area contributed by atoms with E-state index in [2.05, 4.69) is 39.7 Å². The average molecular weight is 377 g/mol. The Morgan fingerprint density at radius 1 is 1.19 bits per heavy atom. The van der Waals surface area contributed by atoms with E-state index in [1.54, 1.807) is 11.3 Å². The van der Waals surface area contributed by atoms with Gasteiger partial charge in [0.05, 0.1) is 6.04 Å². The fourth-order valence-corrected chi connectivity index (χ4v) is 3.74. The molecule has 5 nitrogen and oxygen atoms in total. The first-order valence-electron chi connectivity index (χ1n) is 8.83. The van der Waals surface area contributed by atoms with Crippen LogP contribution >= 0.6 is 11.3 Å². The zero-order valence-electron chi connectivity index (χ0n) is 14.9. The molecule has 1 unspecified atom stereocenters. The van der Waals surface area contributed by atoms with Gasteiger partial charge >= 0.3 is 0 Å². The van der Waals surface area contributed by atoms with Gasteiger partial charge in [-0.15, -0.1) is 0 Å². The fourth-order valence-electron chi connectivity index (χ4n) is 3.11. The Hall–Kier alpha value is -2.99. The zero-order valence-corrected chi connectivity index (χ0v) is 15.7. The zero-order chi connectivity index (χ0) is 18.6. The van der Waals surface area contributed by atoms with Crippen LogP contribution < -0.4 is 5.32 Å². The van der Waals surface area contributed by atoms with E-state index >= 15 is 0 Å². The lowest BCUT2D eigenvalue weighted by atomic mass is 9.99. The third-order valence-corrected chi connectivity index (χ3v) is 5.16. The van der Waals surface area contributed by atoms with Gasteiger partial charge in [-0.1, -0.05) is 47.6 Å².